The van der Waals surface area contributed by atoms with E-state index in [4.69, 9.17) is 0 Å². The second-order valence-electron chi connectivity index (χ2n) is 3.47. The van der Waals surface area contributed by atoms with Crippen molar-refractivity contribution in [1.29, 1.82) is 0 Å². The minimum atomic E-state index is 1.16. The highest BCUT2D eigenvalue weighted by Gasteiger charge is 2.00. The minimum absolute atomic E-state index is 1.16. The molecule has 0 spiro atoms. The Labute approximate surface area is 85.2 Å². The summed E-state index contributed by atoms with van der Waals surface area (Å²) in [7, 11) is 1.94. The van der Waals surface area contributed by atoms with E-state index in [9.17, 15) is 0 Å². The third kappa shape index (κ3) is 1.87. The maximum Gasteiger partial charge on any atom is 0.0337 e. The highest BCUT2D eigenvalue weighted by atomic mass is 14.8. The van der Waals surface area contributed by atoms with Gasteiger partial charge in [0.1, 0.15) is 0 Å². The molecule has 0 heterocycles. The minimum Gasteiger partial charge on any atom is -0.388 e. The van der Waals surface area contributed by atoms with E-state index in [1.807, 2.05) is 7.05 Å². The van der Waals surface area contributed by atoms with Gasteiger partial charge >= 0.3 is 0 Å². The number of anilines is 1. The molecule has 1 nitrogen and oxygen atoms in total. The summed E-state index contributed by atoms with van der Waals surface area (Å²) in [6.07, 6.45) is 9.09. The molecule has 2 rings (SSSR count). The molecule has 0 amide bonds. The van der Waals surface area contributed by atoms with Crippen molar-refractivity contribution >= 4 is 11.3 Å². The Morgan fingerprint density at radius 2 is 1.86 bits per heavy atom. The summed E-state index contributed by atoms with van der Waals surface area (Å²) in [5.41, 5.74) is 3.81. The molecule has 0 bridgehead atoms. The van der Waals surface area contributed by atoms with Gasteiger partial charge in [0.2, 0.25) is 0 Å². The molecule has 1 aliphatic carbocycles. The van der Waals surface area contributed by atoms with Crippen molar-refractivity contribution in [2.24, 2.45) is 0 Å². The van der Waals surface area contributed by atoms with Crippen LogP contribution in [0.2, 0.25) is 0 Å². The van der Waals surface area contributed by atoms with E-state index in [0.717, 1.165) is 5.69 Å². The monoisotopic (exact) mass is 185 g/mol. The Balaban J connectivity index is 2.24. The lowest BCUT2D eigenvalue weighted by molar-refractivity contribution is 1.04. The van der Waals surface area contributed by atoms with Crippen molar-refractivity contribution in [2.45, 2.75) is 12.8 Å². The maximum absolute atomic E-state index is 3.12. The zero-order chi connectivity index (χ0) is 9.80. The average Bonchev–Trinajstić information content (AvgIpc) is 2.30. The summed E-state index contributed by atoms with van der Waals surface area (Å²) in [6.45, 7) is 0. The van der Waals surface area contributed by atoms with Crippen LogP contribution < -0.4 is 5.32 Å². The Morgan fingerprint density at radius 1 is 1.07 bits per heavy atom. The molecule has 0 aromatic heterocycles. The third-order valence-corrected chi connectivity index (χ3v) is 2.50. The van der Waals surface area contributed by atoms with Gasteiger partial charge in [0.15, 0.2) is 0 Å². The standard InChI is InChI=1S/C13H15N/c1-14-13-9-7-12(8-10-13)11-5-3-2-4-6-11/h3,5-10,14H,2,4H2,1H3. The SMILES string of the molecule is CNc1ccc(C2=CCCC=C2)cc1. The van der Waals surface area contributed by atoms with Crippen molar-refractivity contribution < 1.29 is 0 Å². The van der Waals surface area contributed by atoms with E-state index >= 15 is 0 Å². The molecule has 72 valence electrons. The number of hydrogen-bond acceptors (Lipinski definition) is 1. The second-order valence-corrected chi connectivity index (χ2v) is 3.47. The average molecular weight is 185 g/mol. The van der Waals surface area contributed by atoms with E-state index in [1.165, 1.54) is 24.0 Å². The van der Waals surface area contributed by atoms with Gasteiger partial charge in [-0.25, -0.2) is 0 Å². The lowest BCUT2D eigenvalue weighted by Crippen LogP contribution is -1.89. The van der Waals surface area contributed by atoms with Gasteiger partial charge < -0.3 is 5.32 Å². The van der Waals surface area contributed by atoms with Crippen molar-refractivity contribution in [1.82, 2.24) is 0 Å². The molecule has 14 heavy (non-hydrogen) atoms. The molecule has 0 aliphatic heterocycles. The van der Waals surface area contributed by atoms with E-state index in [0.29, 0.717) is 0 Å². The first-order chi connectivity index (χ1) is 6.90. The number of benzene rings is 1. The Hall–Kier alpha value is -1.50. The first-order valence-corrected chi connectivity index (χ1v) is 5.05. The zero-order valence-corrected chi connectivity index (χ0v) is 8.46. The van der Waals surface area contributed by atoms with E-state index in [2.05, 4.69) is 47.8 Å². The molecule has 0 saturated heterocycles. The van der Waals surface area contributed by atoms with Crippen LogP contribution in [0.4, 0.5) is 5.69 Å². The maximum atomic E-state index is 3.12. The van der Waals surface area contributed by atoms with Gasteiger partial charge in [-0.2, -0.15) is 0 Å². The molecular formula is C13H15N. The normalized spacial score (nSPS) is 15.1. The summed E-state index contributed by atoms with van der Waals surface area (Å²) in [5, 5.41) is 3.12. The van der Waals surface area contributed by atoms with Crippen LogP contribution in [-0.2, 0) is 0 Å². The fourth-order valence-corrected chi connectivity index (χ4v) is 1.66. The molecule has 0 atom stereocenters. The summed E-state index contributed by atoms with van der Waals surface area (Å²) < 4.78 is 0. The first kappa shape index (κ1) is 9.07. The lowest BCUT2D eigenvalue weighted by Gasteiger charge is -2.07. The summed E-state index contributed by atoms with van der Waals surface area (Å²) in [5.74, 6) is 0. The van der Waals surface area contributed by atoms with Gasteiger partial charge in [-0.15, -0.1) is 0 Å². The number of rotatable bonds is 2. The fourth-order valence-electron chi connectivity index (χ4n) is 1.66. The zero-order valence-electron chi connectivity index (χ0n) is 8.46. The predicted octanol–water partition coefficient (Wildman–Crippen LogP) is 3.46. The smallest absolute Gasteiger partial charge is 0.0337 e. The largest absolute Gasteiger partial charge is 0.388 e. The molecule has 0 saturated carbocycles. The van der Waals surface area contributed by atoms with Crippen molar-refractivity contribution in [3.8, 4) is 0 Å². The summed E-state index contributed by atoms with van der Waals surface area (Å²) in [6, 6.07) is 8.54. The van der Waals surface area contributed by atoms with Crippen LogP contribution in [-0.4, -0.2) is 7.05 Å². The molecule has 1 aliphatic rings. The lowest BCUT2D eigenvalue weighted by atomic mass is 9.99. The van der Waals surface area contributed by atoms with Gasteiger partial charge in [0, 0.05) is 12.7 Å². The van der Waals surface area contributed by atoms with Crippen LogP contribution in [0.15, 0.2) is 42.5 Å². The quantitative estimate of drug-likeness (QED) is 0.744. The highest BCUT2D eigenvalue weighted by Crippen LogP contribution is 2.22. The summed E-state index contributed by atoms with van der Waals surface area (Å²) in [4.78, 5) is 0. The molecule has 0 unspecified atom stereocenters. The van der Waals surface area contributed by atoms with E-state index < -0.39 is 0 Å². The van der Waals surface area contributed by atoms with E-state index in [-0.39, 0.29) is 0 Å². The van der Waals surface area contributed by atoms with Gasteiger partial charge in [-0.1, -0.05) is 30.4 Å². The Morgan fingerprint density at radius 3 is 2.43 bits per heavy atom. The van der Waals surface area contributed by atoms with Gasteiger partial charge in [0.05, 0.1) is 0 Å². The summed E-state index contributed by atoms with van der Waals surface area (Å²) >= 11 is 0. The van der Waals surface area contributed by atoms with Gasteiger partial charge in [0.25, 0.3) is 0 Å². The van der Waals surface area contributed by atoms with Crippen molar-refractivity contribution in [3.05, 3.63) is 48.1 Å². The molecule has 1 heteroatoms. The van der Waals surface area contributed by atoms with Crippen LogP contribution >= 0.6 is 0 Å². The van der Waals surface area contributed by atoms with Crippen molar-refractivity contribution in [2.75, 3.05) is 12.4 Å². The topological polar surface area (TPSA) is 12.0 Å². The van der Waals surface area contributed by atoms with Crippen LogP contribution in [0.25, 0.3) is 5.57 Å². The van der Waals surface area contributed by atoms with Crippen LogP contribution in [0.1, 0.15) is 18.4 Å². The highest BCUT2D eigenvalue weighted by molar-refractivity contribution is 5.75. The molecule has 1 aromatic carbocycles. The van der Waals surface area contributed by atoms with Crippen LogP contribution in [0, 0.1) is 0 Å². The third-order valence-electron chi connectivity index (χ3n) is 2.50. The van der Waals surface area contributed by atoms with Gasteiger partial charge in [-0.05, 0) is 36.1 Å². The number of allylic oxidation sites excluding steroid dienone is 4. The second kappa shape index (κ2) is 4.14. The van der Waals surface area contributed by atoms with Crippen LogP contribution in [0.3, 0.4) is 0 Å². The molecule has 0 fully saturated rings. The molecule has 0 radical (unpaired) electrons. The fraction of sp³-hybridized carbons (Fsp3) is 0.231. The van der Waals surface area contributed by atoms with Crippen molar-refractivity contribution in [3.63, 3.8) is 0 Å². The first-order valence-electron chi connectivity index (χ1n) is 5.05. The van der Waals surface area contributed by atoms with Gasteiger partial charge in [-0.3, -0.25) is 0 Å². The molecule has 1 aromatic rings. The van der Waals surface area contributed by atoms with Crippen LogP contribution in [0.5, 0.6) is 0 Å². The number of nitrogens with one attached hydrogen (secondary N) is 1. The van der Waals surface area contributed by atoms with E-state index in [1.54, 1.807) is 0 Å². The molecule has 1 N–H and O–H groups in total. The Kier molecular flexibility index (Phi) is 2.68. The molecular weight excluding hydrogens is 170 g/mol. The predicted molar refractivity (Wildman–Crippen MR) is 62.3 cm³/mol. The number of hydrogen-bond donors (Lipinski definition) is 1. The Bertz CT molecular complexity index is 357.